The van der Waals surface area contributed by atoms with Crippen molar-refractivity contribution in [3.05, 3.63) is 23.8 Å². The van der Waals surface area contributed by atoms with Crippen LogP contribution in [-0.2, 0) is 11.3 Å². The molecule has 2 rings (SSSR count). The third-order valence-corrected chi connectivity index (χ3v) is 3.06. The van der Waals surface area contributed by atoms with Crippen molar-refractivity contribution in [2.24, 2.45) is 5.73 Å². The van der Waals surface area contributed by atoms with E-state index >= 15 is 0 Å². The minimum atomic E-state index is 0.0635. The highest BCUT2D eigenvalue weighted by molar-refractivity contribution is 5.75. The Kier molecular flexibility index (Phi) is 5.03. The van der Waals surface area contributed by atoms with Crippen molar-refractivity contribution < 1.29 is 14.3 Å². The Labute approximate surface area is 113 Å². The van der Waals surface area contributed by atoms with E-state index in [1.165, 1.54) is 0 Å². The van der Waals surface area contributed by atoms with Crippen molar-refractivity contribution >= 4 is 5.91 Å². The minimum Gasteiger partial charge on any atom is -0.454 e. The maximum atomic E-state index is 11.7. The number of nitrogens with two attached hydrogens (primary N) is 1. The summed E-state index contributed by atoms with van der Waals surface area (Å²) in [5.74, 6) is 1.55. The number of hydrogen-bond acceptors (Lipinski definition) is 4. The second-order valence-corrected chi connectivity index (χ2v) is 4.53. The van der Waals surface area contributed by atoms with E-state index in [9.17, 15) is 4.79 Å². The van der Waals surface area contributed by atoms with Gasteiger partial charge in [0.25, 0.3) is 0 Å². The average molecular weight is 264 g/mol. The standard InChI is InChI=1S/C14H20N2O3/c15-8-3-1-2-7-13(17)16-9-11-5-4-6-12-14(11)19-10-18-12/h4-6H,1-3,7-10,15H2,(H,16,17). The molecule has 0 radical (unpaired) electrons. The summed E-state index contributed by atoms with van der Waals surface area (Å²) in [6.07, 6.45) is 3.41. The third-order valence-electron chi connectivity index (χ3n) is 3.06. The molecule has 0 saturated carbocycles. The molecule has 0 fully saturated rings. The molecule has 0 saturated heterocycles. The molecule has 1 amide bonds. The lowest BCUT2D eigenvalue weighted by molar-refractivity contribution is -0.121. The summed E-state index contributed by atoms with van der Waals surface area (Å²) in [5.41, 5.74) is 6.36. The van der Waals surface area contributed by atoms with Crippen LogP contribution in [-0.4, -0.2) is 19.2 Å². The minimum absolute atomic E-state index is 0.0635. The van der Waals surface area contributed by atoms with Gasteiger partial charge in [-0.2, -0.15) is 0 Å². The van der Waals surface area contributed by atoms with Gasteiger partial charge in [-0.15, -0.1) is 0 Å². The lowest BCUT2D eigenvalue weighted by Crippen LogP contribution is -2.22. The summed E-state index contributed by atoms with van der Waals surface area (Å²) >= 11 is 0. The Bertz CT molecular complexity index is 435. The number of carbonyl (C=O) groups is 1. The van der Waals surface area contributed by atoms with Gasteiger partial charge in [0.2, 0.25) is 12.7 Å². The summed E-state index contributed by atoms with van der Waals surface area (Å²) in [6.45, 7) is 1.41. The van der Waals surface area contributed by atoms with Gasteiger partial charge >= 0.3 is 0 Å². The molecule has 1 aliphatic rings. The predicted molar refractivity (Wildman–Crippen MR) is 71.9 cm³/mol. The van der Waals surface area contributed by atoms with Crippen molar-refractivity contribution in [2.45, 2.75) is 32.2 Å². The van der Waals surface area contributed by atoms with Gasteiger partial charge in [0.15, 0.2) is 11.5 Å². The Hall–Kier alpha value is -1.75. The number of nitrogens with one attached hydrogen (secondary N) is 1. The fraction of sp³-hybridized carbons (Fsp3) is 0.500. The topological polar surface area (TPSA) is 73.6 Å². The summed E-state index contributed by atoms with van der Waals surface area (Å²) in [5, 5.41) is 2.90. The fourth-order valence-corrected chi connectivity index (χ4v) is 2.02. The normalized spacial score (nSPS) is 12.5. The van der Waals surface area contributed by atoms with Crippen LogP contribution in [0.25, 0.3) is 0 Å². The molecule has 0 bridgehead atoms. The molecular formula is C14H20N2O3. The first-order valence-corrected chi connectivity index (χ1v) is 6.65. The largest absolute Gasteiger partial charge is 0.454 e. The zero-order valence-electron chi connectivity index (χ0n) is 11.0. The second-order valence-electron chi connectivity index (χ2n) is 4.53. The Morgan fingerprint density at radius 2 is 2.16 bits per heavy atom. The van der Waals surface area contributed by atoms with Crippen LogP contribution in [0, 0.1) is 0 Å². The molecule has 0 aromatic heterocycles. The number of rotatable bonds is 7. The predicted octanol–water partition coefficient (Wildman–Crippen LogP) is 1.55. The summed E-state index contributed by atoms with van der Waals surface area (Å²) in [4.78, 5) is 11.7. The van der Waals surface area contributed by atoms with Crippen molar-refractivity contribution in [3.63, 3.8) is 0 Å². The summed E-state index contributed by atoms with van der Waals surface area (Å²) in [7, 11) is 0. The molecule has 1 heterocycles. The Balaban J connectivity index is 1.76. The van der Waals surface area contributed by atoms with Crippen LogP contribution < -0.4 is 20.5 Å². The van der Waals surface area contributed by atoms with E-state index in [1.807, 2.05) is 18.2 Å². The van der Waals surface area contributed by atoms with Gasteiger partial charge in [0.1, 0.15) is 0 Å². The molecule has 3 N–H and O–H groups in total. The molecule has 1 aromatic rings. The molecule has 5 heteroatoms. The van der Waals surface area contributed by atoms with Crippen LogP contribution in [0.4, 0.5) is 0 Å². The van der Waals surface area contributed by atoms with Crippen molar-refractivity contribution in [1.29, 1.82) is 0 Å². The molecule has 5 nitrogen and oxygen atoms in total. The van der Waals surface area contributed by atoms with Gasteiger partial charge in [-0.3, -0.25) is 4.79 Å². The van der Waals surface area contributed by atoms with Gasteiger partial charge in [0, 0.05) is 18.5 Å². The monoisotopic (exact) mass is 264 g/mol. The van der Waals surface area contributed by atoms with Gasteiger partial charge in [-0.1, -0.05) is 18.6 Å². The quantitative estimate of drug-likeness (QED) is 0.733. The summed E-state index contributed by atoms with van der Waals surface area (Å²) < 4.78 is 10.7. The SMILES string of the molecule is NCCCCCC(=O)NCc1cccc2c1OCO2. The van der Waals surface area contributed by atoms with Gasteiger partial charge in [0.05, 0.1) is 0 Å². The van der Waals surface area contributed by atoms with Crippen LogP contribution in [0.1, 0.15) is 31.2 Å². The number of ether oxygens (including phenoxy) is 2. The van der Waals surface area contributed by atoms with Crippen molar-refractivity contribution in [2.75, 3.05) is 13.3 Å². The number of carbonyl (C=O) groups excluding carboxylic acids is 1. The average Bonchev–Trinajstić information content (AvgIpc) is 2.90. The van der Waals surface area contributed by atoms with E-state index in [1.54, 1.807) is 0 Å². The lowest BCUT2D eigenvalue weighted by atomic mass is 10.1. The van der Waals surface area contributed by atoms with Crippen molar-refractivity contribution in [1.82, 2.24) is 5.32 Å². The van der Waals surface area contributed by atoms with E-state index < -0.39 is 0 Å². The maximum absolute atomic E-state index is 11.7. The Morgan fingerprint density at radius 3 is 3.00 bits per heavy atom. The smallest absolute Gasteiger partial charge is 0.231 e. The molecule has 19 heavy (non-hydrogen) atoms. The molecular weight excluding hydrogens is 244 g/mol. The van der Waals surface area contributed by atoms with Crippen molar-refractivity contribution in [3.8, 4) is 11.5 Å². The molecule has 104 valence electrons. The molecule has 1 aromatic carbocycles. The molecule has 0 spiro atoms. The van der Waals surface area contributed by atoms with Crippen LogP contribution in [0.2, 0.25) is 0 Å². The highest BCUT2D eigenvalue weighted by Crippen LogP contribution is 2.35. The first-order chi connectivity index (χ1) is 9.31. The van der Waals surface area contributed by atoms with Crippen LogP contribution >= 0.6 is 0 Å². The number of para-hydroxylation sites is 1. The Morgan fingerprint density at radius 1 is 1.26 bits per heavy atom. The maximum Gasteiger partial charge on any atom is 0.231 e. The molecule has 0 unspecified atom stereocenters. The van der Waals surface area contributed by atoms with E-state index in [4.69, 9.17) is 15.2 Å². The number of benzene rings is 1. The van der Waals surface area contributed by atoms with Gasteiger partial charge in [-0.25, -0.2) is 0 Å². The molecule has 0 atom stereocenters. The van der Waals surface area contributed by atoms with E-state index in [-0.39, 0.29) is 12.7 Å². The molecule has 1 aliphatic heterocycles. The van der Waals surface area contributed by atoms with Crippen LogP contribution in [0.15, 0.2) is 18.2 Å². The van der Waals surface area contributed by atoms with E-state index in [0.29, 0.717) is 19.5 Å². The third kappa shape index (κ3) is 3.86. The number of unbranched alkanes of at least 4 members (excludes halogenated alkanes) is 2. The number of amides is 1. The van der Waals surface area contributed by atoms with Crippen LogP contribution in [0.3, 0.4) is 0 Å². The highest BCUT2D eigenvalue weighted by atomic mass is 16.7. The highest BCUT2D eigenvalue weighted by Gasteiger charge is 2.17. The lowest BCUT2D eigenvalue weighted by Gasteiger charge is -2.07. The molecule has 0 aliphatic carbocycles. The first kappa shape index (κ1) is 13.7. The zero-order chi connectivity index (χ0) is 13.5. The van der Waals surface area contributed by atoms with E-state index in [0.717, 1.165) is 36.3 Å². The zero-order valence-corrected chi connectivity index (χ0v) is 11.0. The fourth-order valence-electron chi connectivity index (χ4n) is 2.02. The van der Waals surface area contributed by atoms with E-state index in [2.05, 4.69) is 5.32 Å². The van der Waals surface area contributed by atoms with Gasteiger partial charge in [-0.05, 0) is 25.5 Å². The summed E-state index contributed by atoms with van der Waals surface area (Å²) in [6, 6.07) is 5.69. The first-order valence-electron chi connectivity index (χ1n) is 6.65. The van der Waals surface area contributed by atoms with Gasteiger partial charge < -0.3 is 20.5 Å². The second kappa shape index (κ2) is 6.99. The van der Waals surface area contributed by atoms with Crippen LogP contribution in [0.5, 0.6) is 11.5 Å². The number of fused-ring (bicyclic) bond motifs is 1. The number of hydrogen-bond donors (Lipinski definition) is 2.